The van der Waals surface area contributed by atoms with E-state index in [2.05, 4.69) is 0 Å². The summed E-state index contributed by atoms with van der Waals surface area (Å²) in [5, 5.41) is 8.80. The second-order valence-electron chi connectivity index (χ2n) is 6.05. The van der Waals surface area contributed by atoms with E-state index in [1.54, 1.807) is 12.1 Å². The largest absolute Gasteiger partial charge is 0.478 e. The first kappa shape index (κ1) is 16.4. The van der Waals surface area contributed by atoms with Gasteiger partial charge >= 0.3 is 5.97 Å². The quantitative estimate of drug-likeness (QED) is 0.835. The zero-order valence-electron chi connectivity index (χ0n) is 12.9. The van der Waals surface area contributed by atoms with Crippen LogP contribution in [-0.2, 0) is 5.41 Å². The van der Waals surface area contributed by atoms with Crippen molar-refractivity contribution in [3.63, 3.8) is 0 Å². The van der Waals surface area contributed by atoms with E-state index < -0.39 is 23.1 Å². The highest BCUT2D eigenvalue weighted by molar-refractivity contribution is 5.87. The highest BCUT2D eigenvalue weighted by atomic mass is 19.3. The zero-order chi connectivity index (χ0) is 17.5. The number of aromatic carboxylic acids is 1. The molecule has 0 atom stereocenters. The first-order chi connectivity index (χ1) is 11.2. The lowest BCUT2D eigenvalue weighted by Gasteiger charge is -2.23. The van der Waals surface area contributed by atoms with Crippen LogP contribution >= 0.6 is 0 Å². The van der Waals surface area contributed by atoms with E-state index >= 15 is 0 Å². The standard InChI is InChI=1S/C18H15F3O3/c1-17(20,21)18(8-9-18)12-3-5-13(6-4-12)24-15-7-2-11(16(22)23)10-14(15)19/h2-7,10H,8-9H2,1H3,(H,22,23). The molecule has 1 saturated carbocycles. The number of halogens is 3. The number of alkyl halides is 2. The molecule has 0 bridgehead atoms. The lowest BCUT2D eigenvalue weighted by Crippen LogP contribution is -2.29. The van der Waals surface area contributed by atoms with E-state index in [4.69, 9.17) is 9.84 Å². The van der Waals surface area contributed by atoms with Crippen molar-refractivity contribution in [2.75, 3.05) is 0 Å². The third-order valence-electron chi connectivity index (χ3n) is 4.40. The van der Waals surface area contributed by atoms with Gasteiger partial charge in [-0.1, -0.05) is 12.1 Å². The number of carboxylic acids is 1. The monoisotopic (exact) mass is 336 g/mol. The Morgan fingerprint density at radius 3 is 2.25 bits per heavy atom. The van der Waals surface area contributed by atoms with E-state index in [9.17, 15) is 18.0 Å². The molecular formula is C18H15F3O3. The van der Waals surface area contributed by atoms with Crippen molar-refractivity contribution in [3.8, 4) is 11.5 Å². The molecule has 3 rings (SSSR count). The maximum Gasteiger partial charge on any atom is 0.335 e. The summed E-state index contributed by atoms with van der Waals surface area (Å²) in [6, 6.07) is 9.44. The minimum Gasteiger partial charge on any atom is -0.478 e. The summed E-state index contributed by atoms with van der Waals surface area (Å²) in [5.74, 6) is -4.68. The van der Waals surface area contributed by atoms with Crippen molar-refractivity contribution >= 4 is 5.97 Å². The van der Waals surface area contributed by atoms with Crippen LogP contribution in [0.3, 0.4) is 0 Å². The highest BCUT2D eigenvalue weighted by Crippen LogP contribution is 2.58. The molecule has 2 aromatic rings. The molecule has 0 aliphatic heterocycles. The van der Waals surface area contributed by atoms with Gasteiger partial charge in [-0.15, -0.1) is 0 Å². The van der Waals surface area contributed by atoms with Crippen molar-refractivity contribution in [1.82, 2.24) is 0 Å². The van der Waals surface area contributed by atoms with Gasteiger partial charge in [0.25, 0.3) is 5.92 Å². The van der Waals surface area contributed by atoms with Gasteiger partial charge in [-0.25, -0.2) is 18.0 Å². The second-order valence-corrected chi connectivity index (χ2v) is 6.05. The topological polar surface area (TPSA) is 46.5 Å². The second kappa shape index (κ2) is 5.54. The molecule has 0 unspecified atom stereocenters. The number of hydrogen-bond donors (Lipinski definition) is 1. The maximum atomic E-state index is 13.8. The van der Waals surface area contributed by atoms with Gasteiger partial charge in [-0.05, 0) is 48.7 Å². The lowest BCUT2D eigenvalue weighted by atomic mass is 9.90. The molecule has 6 heteroatoms. The number of benzene rings is 2. The molecule has 1 N–H and O–H groups in total. The minimum atomic E-state index is -2.80. The summed E-state index contributed by atoms with van der Waals surface area (Å²) in [4.78, 5) is 10.8. The SMILES string of the molecule is CC(F)(F)C1(c2ccc(Oc3ccc(C(=O)O)cc3F)cc2)CC1. The summed E-state index contributed by atoms with van der Waals surface area (Å²) < 4.78 is 46.7. The van der Waals surface area contributed by atoms with E-state index in [1.807, 2.05) is 0 Å². The Morgan fingerprint density at radius 2 is 1.79 bits per heavy atom. The Labute approximate surface area is 136 Å². The molecule has 2 aromatic carbocycles. The van der Waals surface area contributed by atoms with Crippen molar-refractivity contribution in [2.24, 2.45) is 0 Å². The van der Waals surface area contributed by atoms with Crippen LogP contribution in [0.2, 0.25) is 0 Å². The predicted octanol–water partition coefficient (Wildman–Crippen LogP) is 5.00. The summed E-state index contributed by atoms with van der Waals surface area (Å²) in [7, 11) is 0. The number of ether oxygens (including phenoxy) is 1. The molecule has 0 radical (unpaired) electrons. The van der Waals surface area contributed by atoms with Crippen molar-refractivity contribution in [1.29, 1.82) is 0 Å². The van der Waals surface area contributed by atoms with Gasteiger partial charge in [-0.2, -0.15) is 0 Å². The van der Waals surface area contributed by atoms with Crippen molar-refractivity contribution in [3.05, 3.63) is 59.4 Å². The molecule has 0 aromatic heterocycles. The molecule has 24 heavy (non-hydrogen) atoms. The Morgan fingerprint density at radius 1 is 1.17 bits per heavy atom. The normalized spacial score (nSPS) is 15.8. The maximum absolute atomic E-state index is 13.8. The average Bonchev–Trinajstić information content (AvgIpc) is 3.31. The first-order valence-electron chi connectivity index (χ1n) is 7.42. The molecule has 0 amide bonds. The fourth-order valence-corrected chi connectivity index (χ4v) is 2.79. The van der Waals surface area contributed by atoms with Crippen molar-refractivity contribution in [2.45, 2.75) is 31.1 Å². The smallest absolute Gasteiger partial charge is 0.335 e. The number of carbonyl (C=O) groups is 1. The molecular weight excluding hydrogens is 321 g/mol. The molecule has 0 saturated heterocycles. The van der Waals surface area contributed by atoms with Crippen LogP contribution in [0, 0.1) is 5.82 Å². The van der Waals surface area contributed by atoms with Crippen LogP contribution < -0.4 is 4.74 Å². The van der Waals surface area contributed by atoms with Crippen LogP contribution in [0.15, 0.2) is 42.5 Å². The van der Waals surface area contributed by atoms with E-state index in [1.165, 1.54) is 24.3 Å². The molecule has 0 heterocycles. The molecule has 126 valence electrons. The number of hydrogen-bond acceptors (Lipinski definition) is 2. The third-order valence-corrected chi connectivity index (χ3v) is 4.40. The Hall–Kier alpha value is -2.50. The Balaban J connectivity index is 1.79. The summed E-state index contributed by atoms with van der Waals surface area (Å²) in [6.07, 6.45) is 0.865. The van der Waals surface area contributed by atoms with Crippen LogP contribution in [0.25, 0.3) is 0 Å². The zero-order valence-corrected chi connectivity index (χ0v) is 12.9. The molecule has 1 aliphatic carbocycles. The van der Waals surface area contributed by atoms with Crippen molar-refractivity contribution < 1.29 is 27.8 Å². The van der Waals surface area contributed by atoms with E-state index in [0.29, 0.717) is 18.4 Å². The fourth-order valence-electron chi connectivity index (χ4n) is 2.79. The van der Waals surface area contributed by atoms with Gasteiger partial charge in [0.1, 0.15) is 5.75 Å². The summed E-state index contributed by atoms with van der Waals surface area (Å²) in [6.45, 7) is 0.920. The third kappa shape index (κ3) is 2.84. The van der Waals surface area contributed by atoms with Crippen LogP contribution in [0.5, 0.6) is 11.5 Å². The highest BCUT2D eigenvalue weighted by Gasteiger charge is 2.59. The van der Waals surface area contributed by atoms with Gasteiger partial charge < -0.3 is 9.84 Å². The van der Waals surface area contributed by atoms with E-state index in [-0.39, 0.29) is 17.1 Å². The minimum absolute atomic E-state index is 0.130. The first-order valence-corrected chi connectivity index (χ1v) is 7.42. The summed E-state index contributed by atoms with van der Waals surface area (Å²) in [5.41, 5.74) is -0.764. The van der Waals surface area contributed by atoms with Gasteiger partial charge in [0, 0.05) is 6.92 Å². The fraction of sp³-hybridized carbons (Fsp3) is 0.278. The predicted molar refractivity (Wildman–Crippen MR) is 81.4 cm³/mol. The number of rotatable bonds is 5. The van der Waals surface area contributed by atoms with Crippen LogP contribution in [0.1, 0.15) is 35.7 Å². The van der Waals surface area contributed by atoms with Crippen LogP contribution in [-0.4, -0.2) is 17.0 Å². The van der Waals surface area contributed by atoms with Gasteiger partial charge in [0.15, 0.2) is 11.6 Å². The molecule has 3 nitrogen and oxygen atoms in total. The molecule has 1 fully saturated rings. The Kier molecular flexibility index (Phi) is 3.78. The van der Waals surface area contributed by atoms with Gasteiger partial charge in [0.05, 0.1) is 11.0 Å². The van der Waals surface area contributed by atoms with Gasteiger partial charge in [-0.3, -0.25) is 0 Å². The average molecular weight is 336 g/mol. The lowest BCUT2D eigenvalue weighted by molar-refractivity contribution is -0.0200. The molecule has 1 aliphatic rings. The molecule has 0 spiro atoms. The summed E-state index contributed by atoms with van der Waals surface area (Å²) >= 11 is 0. The number of carboxylic acid groups (broad SMARTS) is 1. The van der Waals surface area contributed by atoms with Gasteiger partial charge in [0.2, 0.25) is 0 Å². The van der Waals surface area contributed by atoms with Crippen LogP contribution in [0.4, 0.5) is 13.2 Å². The van der Waals surface area contributed by atoms with E-state index in [0.717, 1.165) is 13.0 Å². The Bertz CT molecular complexity index is 775.